The van der Waals surface area contributed by atoms with Gasteiger partial charge in [-0.05, 0) is 48.6 Å². The lowest BCUT2D eigenvalue weighted by Gasteiger charge is -2.14. The Morgan fingerprint density at radius 2 is 1.81 bits per heavy atom. The van der Waals surface area contributed by atoms with Gasteiger partial charge in [0.15, 0.2) is 0 Å². The minimum atomic E-state index is 0.490. The number of nitrogens with zero attached hydrogens (tertiary/aromatic N) is 1. The Morgan fingerprint density at radius 3 is 2.44 bits per heavy atom. The van der Waals surface area contributed by atoms with Crippen LogP contribution in [0.25, 0.3) is 10.9 Å². The molecule has 16 heavy (non-hydrogen) atoms. The Bertz CT molecular complexity index is 544. The minimum Gasteiger partial charge on any atom is -0.256 e. The topological polar surface area (TPSA) is 12.9 Å². The first-order valence-corrected chi connectivity index (χ1v) is 5.94. The van der Waals surface area contributed by atoms with E-state index in [-0.39, 0.29) is 0 Å². The number of hydrogen-bond donors (Lipinski definition) is 0. The molecule has 0 fully saturated rings. The number of fused-ring (bicyclic) bond motifs is 1. The summed E-state index contributed by atoms with van der Waals surface area (Å²) in [6, 6.07) is 4.10. The predicted octanol–water partition coefficient (Wildman–Crippen LogP) is 4.63. The SMILES string of the molecule is Cc1cc2ncc(C)c(C(C)C)c2cc1Cl. The summed E-state index contributed by atoms with van der Waals surface area (Å²) >= 11 is 6.19. The van der Waals surface area contributed by atoms with Crippen molar-refractivity contribution in [2.45, 2.75) is 33.6 Å². The van der Waals surface area contributed by atoms with Crippen molar-refractivity contribution in [3.63, 3.8) is 0 Å². The lowest BCUT2D eigenvalue weighted by molar-refractivity contribution is 0.864. The van der Waals surface area contributed by atoms with E-state index in [1.165, 1.54) is 16.5 Å². The number of benzene rings is 1. The lowest BCUT2D eigenvalue weighted by Crippen LogP contribution is -1.96. The standard InChI is InChI=1S/C14H16ClN/c1-8(2)14-10(4)7-16-13-5-9(3)12(15)6-11(13)14/h5-8H,1-4H3. The van der Waals surface area contributed by atoms with Gasteiger partial charge in [-0.15, -0.1) is 0 Å². The Hall–Kier alpha value is -1.08. The van der Waals surface area contributed by atoms with Crippen molar-refractivity contribution in [2.24, 2.45) is 0 Å². The quantitative estimate of drug-likeness (QED) is 0.700. The molecular formula is C14H16ClN. The van der Waals surface area contributed by atoms with Gasteiger partial charge in [0.05, 0.1) is 5.52 Å². The number of pyridine rings is 1. The number of halogens is 1. The molecule has 0 radical (unpaired) electrons. The van der Waals surface area contributed by atoms with Crippen LogP contribution in [0.4, 0.5) is 0 Å². The number of rotatable bonds is 1. The summed E-state index contributed by atoms with van der Waals surface area (Å²) in [6.07, 6.45) is 1.95. The average Bonchev–Trinajstić information content (AvgIpc) is 2.20. The maximum atomic E-state index is 6.19. The second-order valence-electron chi connectivity index (χ2n) is 4.63. The second kappa shape index (κ2) is 4.06. The van der Waals surface area contributed by atoms with E-state index >= 15 is 0 Å². The maximum Gasteiger partial charge on any atom is 0.0708 e. The molecule has 0 bridgehead atoms. The summed E-state index contributed by atoms with van der Waals surface area (Å²) < 4.78 is 0. The molecule has 1 aromatic carbocycles. The maximum absolute atomic E-state index is 6.19. The average molecular weight is 234 g/mol. The third kappa shape index (κ3) is 1.80. The van der Waals surface area contributed by atoms with Crippen molar-refractivity contribution in [3.05, 3.63) is 40.0 Å². The van der Waals surface area contributed by atoms with Crippen LogP contribution in [-0.2, 0) is 0 Å². The fraction of sp³-hybridized carbons (Fsp3) is 0.357. The van der Waals surface area contributed by atoms with E-state index in [0.29, 0.717) is 5.92 Å². The summed E-state index contributed by atoms with van der Waals surface area (Å²) in [5.41, 5.74) is 4.71. The molecule has 2 heteroatoms. The van der Waals surface area contributed by atoms with E-state index in [4.69, 9.17) is 11.6 Å². The highest BCUT2D eigenvalue weighted by atomic mass is 35.5. The normalized spacial score (nSPS) is 11.4. The Labute approximate surface area is 101 Å². The van der Waals surface area contributed by atoms with Gasteiger partial charge in [0.2, 0.25) is 0 Å². The van der Waals surface area contributed by atoms with E-state index in [1.807, 2.05) is 19.2 Å². The van der Waals surface area contributed by atoms with Crippen molar-refractivity contribution in [2.75, 3.05) is 0 Å². The predicted molar refractivity (Wildman–Crippen MR) is 70.3 cm³/mol. The molecule has 0 atom stereocenters. The van der Waals surface area contributed by atoms with Crippen molar-refractivity contribution in [1.29, 1.82) is 0 Å². The number of aryl methyl sites for hydroxylation is 2. The lowest BCUT2D eigenvalue weighted by atomic mass is 9.94. The third-order valence-electron chi connectivity index (χ3n) is 2.97. The van der Waals surface area contributed by atoms with Crippen molar-refractivity contribution in [3.8, 4) is 0 Å². The first-order chi connectivity index (χ1) is 7.50. The summed E-state index contributed by atoms with van der Waals surface area (Å²) in [7, 11) is 0. The highest BCUT2D eigenvalue weighted by Crippen LogP contribution is 2.30. The molecule has 84 valence electrons. The summed E-state index contributed by atoms with van der Waals surface area (Å²) in [5, 5.41) is 2.01. The first kappa shape index (κ1) is 11.4. The Balaban J connectivity index is 2.86. The molecule has 1 nitrogen and oxygen atoms in total. The molecular weight excluding hydrogens is 218 g/mol. The molecule has 0 saturated heterocycles. The van der Waals surface area contributed by atoms with Gasteiger partial charge in [0.1, 0.15) is 0 Å². The fourth-order valence-electron chi connectivity index (χ4n) is 2.20. The van der Waals surface area contributed by atoms with Crippen LogP contribution in [0, 0.1) is 13.8 Å². The van der Waals surface area contributed by atoms with E-state index < -0.39 is 0 Å². The van der Waals surface area contributed by atoms with Gasteiger partial charge in [0.25, 0.3) is 0 Å². The fourth-order valence-corrected chi connectivity index (χ4v) is 2.37. The second-order valence-corrected chi connectivity index (χ2v) is 5.04. The molecule has 0 N–H and O–H groups in total. The van der Waals surface area contributed by atoms with E-state index in [1.54, 1.807) is 0 Å². The van der Waals surface area contributed by atoms with Gasteiger partial charge in [-0.3, -0.25) is 4.98 Å². The van der Waals surface area contributed by atoms with E-state index in [0.717, 1.165) is 16.1 Å². The zero-order chi connectivity index (χ0) is 11.9. The van der Waals surface area contributed by atoms with Gasteiger partial charge in [0, 0.05) is 16.6 Å². The van der Waals surface area contributed by atoms with Crippen LogP contribution < -0.4 is 0 Å². The van der Waals surface area contributed by atoms with Crippen LogP contribution >= 0.6 is 11.6 Å². The van der Waals surface area contributed by atoms with Crippen LogP contribution in [0.2, 0.25) is 5.02 Å². The highest BCUT2D eigenvalue weighted by Gasteiger charge is 2.11. The summed E-state index contributed by atoms with van der Waals surface area (Å²) in [4.78, 5) is 4.47. The zero-order valence-corrected chi connectivity index (χ0v) is 10.9. The van der Waals surface area contributed by atoms with Gasteiger partial charge in [-0.1, -0.05) is 25.4 Å². The first-order valence-electron chi connectivity index (χ1n) is 5.56. The molecule has 0 aliphatic carbocycles. The van der Waals surface area contributed by atoms with Crippen LogP contribution in [0.5, 0.6) is 0 Å². The molecule has 1 heterocycles. The van der Waals surface area contributed by atoms with Crippen LogP contribution in [0.3, 0.4) is 0 Å². The zero-order valence-electron chi connectivity index (χ0n) is 10.1. The molecule has 0 spiro atoms. The van der Waals surface area contributed by atoms with Crippen LogP contribution in [0.1, 0.15) is 36.5 Å². The molecule has 2 aromatic rings. The van der Waals surface area contributed by atoms with Crippen LogP contribution in [0.15, 0.2) is 18.3 Å². The molecule has 0 amide bonds. The largest absolute Gasteiger partial charge is 0.256 e. The minimum absolute atomic E-state index is 0.490. The highest BCUT2D eigenvalue weighted by molar-refractivity contribution is 6.32. The number of hydrogen-bond acceptors (Lipinski definition) is 1. The van der Waals surface area contributed by atoms with Gasteiger partial charge in [-0.25, -0.2) is 0 Å². The van der Waals surface area contributed by atoms with Crippen molar-refractivity contribution in [1.82, 2.24) is 4.98 Å². The van der Waals surface area contributed by atoms with E-state index in [2.05, 4.69) is 31.8 Å². The van der Waals surface area contributed by atoms with Crippen molar-refractivity contribution >= 4 is 22.5 Å². The Morgan fingerprint density at radius 1 is 1.12 bits per heavy atom. The molecule has 2 rings (SSSR count). The molecule has 0 aliphatic rings. The monoisotopic (exact) mass is 233 g/mol. The molecule has 0 saturated carbocycles. The smallest absolute Gasteiger partial charge is 0.0708 e. The van der Waals surface area contributed by atoms with Gasteiger partial charge in [-0.2, -0.15) is 0 Å². The summed E-state index contributed by atoms with van der Waals surface area (Å²) in [5.74, 6) is 0.490. The Kier molecular flexibility index (Phi) is 2.90. The van der Waals surface area contributed by atoms with Gasteiger partial charge >= 0.3 is 0 Å². The molecule has 1 aromatic heterocycles. The number of aromatic nitrogens is 1. The van der Waals surface area contributed by atoms with E-state index in [9.17, 15) is 0 Å². The molecule has 0 unspecified atom stereocenters. The summed E-state index contributed by atoms with van der Waals surface area (Å²) in [6.45, 7) is 8.53. The van der Waals surface area contributed by atoms with Gasteiger partial charge < -0.3 is 0 Å². The van der Waals surface area contributed by atoms with Crippen molar-refractivity contribution < 1.29 is 0 Å². The molecule has 0 aliphatic heterocycles. The van der Waals surface area contributed by atoms with Crippen LogP contribution in [-0.4, -0.2) is 4.98 Å². The third-order valence-corrected chi connectivity index (χ3v) is 3.37.